The van der Waals surface area contributed by atoms with E-state index in [1.54, 1.807) is 25.3 Å². The van der Waals surface area contributed by atoms with Crippen molar-refractivity contribution >= 4 is 45.7 Å². The Balaban J connectivity index is 1.97. The largest absolute Gasteiger partial charge is 0.497 e. The monoisotopic (exact) mass is 348 g/mol. The van der Waals surface area contributed by atoms with Gasteiger partial charge in [-0.3, -0.25) is 4.79 Å². The first kappa shape index (κ1) is 15.7. The molecule has 0 fully saturated rings. The lowest BCUT2D eigenvalue weighted by molar-refractivity contribution is 0.102. The maximum atomic E-state index is 12.5. The van der Waals surface area contributed by atoms with E-state index in [1.165, 1.54) is 0 Å². The van der Waals surface area contributed by atoms with Crippen LogP contribution in [0, 0.1) is 6.92 Å². The molecule has 1 heterocycles. The molecular formula is C17H14Cl2N2O2. The summed E-state index contributed by atoms with van der Waals surface area (Å²) in [5.41, 5.74) is 2.64. The molecule has 0 aliphatic carbocycles. The SMILES string of the molecule is COc1ccc2c(C)c(C(=O)Nc3cc(Cl)ccc3Cl)[nH]c2c1. The van der Waals surface area contributed by atoms with Gasteiger partial charge in [0.1, 0.15) is 11.4 Å². The van der Waals surface area contributed by atoms with Gasteiger partial charge in [0.25, 0.3) is 5.91 Å². The standard InChI is InChI=1S/C17H14Cl2N2O2/c1-9-12-5-4-11(23-2)8-14(12)20-16(9)17(22)21-15-7-10(18)3-6-13(15)19/h3-8,20H,1-2H3,(H,21,22). The molecule has 0 radical (unpaired) electrons. The maximum absolute atomic E-state index is 12.5. The number of rotatable bonds is 3. The molecule has 1 aromatic heterocycles. The van der Waals surface area contributed by atoms with E-state index >= 15 is 0 Å². The second kappa shape index (κ2) is 6.14. The van der Waals surface area contributed by atoms with Crippen LogP contribution in [0.2, 0.25) is 10.0 Å². The van der Waals surface area contributed by atoms with E-state index in [0.29, 0.717) is 21.4 Å². The van der Waals surface area contributed by atoms with E-state index in [2.05, 4.69) is 10.3 Å². The van der Waals surface area contributed by atoms with Crippen LogP contribution in [0.5, 0.6) is 5.75 Å². The summed E-state index contributed by atoms with van der Waals surface area (Å²) in [7, 11) is 1.60. The number of hydrogen-bond donors (Lipinski definition) is 2. The van der Waals surface area contributed by atoms with Gasteiger partial charge in [0.2, 0.25) is 0 Å². The van der Waals surface area contributed by atoms with Gasteiger partial charge in [0.05, 0.1) is 17.8 Å². The van der Waals surface area contributed by atoms with Gasteiger partial charge in [-0.1, -0.05) is 23.2 Å². The lowest BCUT2D eigenvalue weighted by Crippen LogP contribution is -2.13. The van der Waals surface area contributed by atoms with Crippen LogP contribution in [0.25, 0.3) is 10.9 Å². The number of benzene rings is 2. The Kier molecular flexibility index (Phi) is 4.20. The second-order valence-electron chi connectivity index (χ2n) is 5.11. The van der Waals surface area contributed by atoms with Crippen LogP contribution < -0.4 is 10.1 Å². The number of aromatic amines is 1. The van der Waals surface area contributed by atoms with Crippen LogP contribution in [0.15, 0.2) is 36.4 Å². The van der Waals surface area contributed by atoms with Crippen molar-refractivity contribution in [2.24, 2.45) is 0 Å². The van der Waals surface area contributed by atoms with Crippen LogP contribution in [-0.4, -0.2) is 18.0 Å². The first-order valence-electron chi connectivity index (χ1n) is 6.92. The lowest BCUT2D eigenvalue weighted by Gasteiger charge is -2.07. The molecule has 0 spiro atoms. The van der Waals surface area contributed by atoms with E-state index in [9.17, 15) is 4.79 Å². The van der Waals surface area contributed by atoms with Gasteiger partial charge < -0.3 is 15.0 Å². The third kappa shape index (κ3) is 3.00. The van der Waals surface area contributed by atoms with Gasteiger partial charge in [-0.2, -0.15) is 0 Å². The van der Waals surface area contributed by atoms with Gasteiger partial charge in [0, 0.05) is 22.0 Å². The molecule has 1 amide bonds. The summed E-state index contributed by atoms with van der Waals surface area (Å²) >= 11 is 12.0. The number of aromatic nitrogens is 1. The van der Waals surface area contributed by atoms with E-state index < -0.39 is 0 Å². The number of nitrogens with one attached hydrogen (secondary N) is 2. The summed E-state index contributed by atoms with van der Waals surface area (Å²) in [5.74, 6) is 0.449. The number of fused-ring (bicyclic) bond motifs is 1. The first-order valence-corrected chi connectivity index (χ1v) is 7.68. The average Bonchev–Trinajstić information content (AvgIpc) is 2.87. The number of anilines is 1. The minimum atomic E-state index is -0.276. The van der Waals surface area contributed by atoms with E-state index in [1.807, 2.05) is 25.1 Å². The minimum absolute atomic E-state index is 0.276. The number of aryl methyl sites for hydroxylation is 1. The highest BCUT2D eigenvalue weighted by molar-refractivity contribution is 6.35. The molecule has 2 aromatic carbocycles. The van der Waals surface area contributed by atoms with Crippen molar-refractivity contribution < 1.29 is 9.53 Å². The predicted molar refractivity (Wildman–Crippen MR) is 94.0 cm³/mol. The van der Waals surface area contributed by atoms with Crippen LogP contribution >= 0.6 is 23.2 Å². The number of amides is 1. The summed E-state index contributed by atoms with van der Waals surface area (Å²) in [4.78, 5) is 15.7. The number of hydrogen-bond acceptors (Lipinski definition) is 2. The van der Waals surface area contributed by atoms with E-state index in [-0.39, 0.29) is 5.91 Å². The Bertz CT molecular complexity index is 903. The van der Waals surface area contributed by atoms with Crippen molar-refractivity contribution in [1.82, 2.24) is 4.98 Å². The summed E-state index contributed by atoms with van der Waals surface area (Å²) in [6.07, 6.45) is 0. The minimum Gasteiger partial charge on any atom is -0.497 e. The van der Waals surface area contributed by atoms with Gasteiger partial charge in [-0.15, -0.1) is 0 Å². The molecule has 2 N–H and O–H groups in total. The van der Waals surface area contributed by atoms with E-state index in [0.717, 1.165) is 22.2 Å². The molecule has 23 heavy (non-hydrogen) atoms. The third-order valence-corrected chi connectivity index (χ3v) is 4.23. The van der Waals surface area contributed by atoms with E-state index in [4.69, 9.17) is 27.9 Å². The molecule has 3 rings (SSSR count). The quantitative estimate of drug-likeness (QED) is 0.696. The van der Waals surface area contributed by atoms with Crippen molar-refractivity contribution in [2.45, 2.75) is 6.92 Å². The Morgan fingerprint density at radius 2 is 1.96 bits per heavy atom. The fourth-order valence-corrected chi connectivity index (χ4v) is 2.79. The second-order valence-corrected chi connectivity index (χ2v) is 5.96. The molecule has 0 aliphatic rings. The molecule has 0 unspecified atom stereocenters. The average molecular weight is 349 g/mol. The molecule has 0 bridgehead atoms. The van der Waals surface area contributed by atoms with Crippen molar-refractivity contribution in [3.8, 4) is 5.75 Å². The predicted octanol–water partition coefficient (Wildman–Crippen LogP) is 5.04. The normalized spacial score (nSPS) is 10.8. The lowest BCUT2D eigenvalue weighted by atomic mass is 10.1. The molecule has 0 saturated heterocycles. The van der Waals surface area contributed by atoms with Gasteiger partial charge >= 0.3 is 0 Å². The van der Waals surface area contributed by atoms with Crippen LogP contribution in [0.3, 0.4) is 0 Å². The molecule has 6 heteroatoms. The fourth-order valence-electron chi connectivity index (χ4n) is 2.45. The molecule has 0 aliphatic heterocycles. The number of methoxy groups -OCH3 is 1. The third-order valence-electron chi connectivity index (χ3n) is 3.67. The molecule has 4 nitrogen and oxygen atoms in total. The van der Waals surface area contributed by atoms with Crippen molar-refractivity contribution in [2.75, 3.05) is 12.4 Å². The summed E-state index contributed by atoms with van der Waals surface area (Å²) < 4.78 is 5.20. The zero-order valence-corrected chi connectivity index (χ0v) is 14.0. The zero-order valence-electron chi connectivity index (χ0n) is 12.5. The summed E-state index contributed by atoms with van der Waals surface area (Å²) in [6.45, 7) is 1.89. The number of H-pyrrole nitrogens is 1. The highest BCUT2D eigenvalue weighted by Gasteiger charge is 2.16. The maximum Gasteiger partial charge on any atom is 0.272 e. The molecule has 3 aromatic rings. The Hall–Kier alpha value is -2.17. The van der Waals surface area contributed by atoms with Crippen LogP contribution in [-0.2, 0) is 0 Å². The smallest absolute Gasteiger partial charge is 0.272 e. The van der Waals surface area contributed by atoms with Crippen LogP contribution in [0.4, 0.5) is 5.69 Å². The summed E-state index contributed by atoms with van der Waals surface area (Å²) in [5, 5.41) is 4.68. The van der Waals surface area contributed by atoms with Gasteiger partial charge in [0.15, 0.2) is 0 Å². The molecular weight excluding hydrogens is 335 g/mol. The van der Waals surface area contributed by atoms with Crippen molar-refractivity contribution in [1.29, 1.82) is 0 Å². The first-order chi connectivity index (χ1) is 11.0. The Morgan fingerprint density at radius 3 is 2.70 bits per heavy atom. The Morgan fingerprint density at radius 1 is 1.17 bits per heavy atom. The topological polar surface area (TPSA) is 54.1 Å². The fraction of sp³-hybridized carbons (Fsp3) is 0.118. The highest BCUT2D eigenvalue weighted by atomic mass is 35.5. The number of halogens is 2. The number of ether oxygens (including phenoxy) is 1. The highest BCUT2D eigenvalue weighted by Crippen LogP contribution is 2.28. The number of carbonyl (C=O) groups is 1. The molecule has 0 atom stereocenters. The van der Waals surface area contributed by atoms with Crippen molar-refractivity contribution in [3.63, 3.8) is 0 Å². The molecule has 118 valence electrons. The van der Waals surface area contributed by atoms with Crippen LogP contribution in [0.1, 0.15) is 16.1 Å². The van der Waals surface area contributed by atoms with Crippen molar-refractivity contribution in [3.05, 3.63) is 57.7 Å². The Labute approximate surface area is 143 Å². The zero-order chi connectivity index (χ0) is 16.6. The van der Waals surface area contributed by atoms with Gasteiger partial charge in [-0.25, -0.2) is 0 Å². The summed E-state index contributed by atoms with van der Waals surface area (Å²) in [6, 6.07) is 10.6. The molecule has 0 saturated carbocycles. The van der Waals surface area contributed by atoms with Gasteiger partial charge in [-0.05, 0) is 42.8 Å². The number of carbonyl (C=O) groups excluding carboxylic acids is 1.